The molecule has 238 valence electrons. The van der Waals surface area contributed by atoms with E-state index in [4.69, 9.17) is 19.2 Å². The molecule has 9 nitrogen and oxygen atoms in total. The van der Waals surface area contributed by atoms with E-state index in [2.05, 4.69) is 4.90 Å². The average molecular weight is 621 g/mol. The lowest BCUT2D eigenvalue weighted by molar-refractivity contribution is 0.0412. The summed E-state index contributed by atoms with van der Waals surface area (Å²) in [6, 6.07) is 27.6. The van der Waals surface area contributed by atoms with E-state index in [9.17, 15) is 9.59 Å². The third kappa shape index (κ3) is 6.55. The van der Waals surface area contributed by atoms with Gasteiger partial charge in [0.1, 0.15) is 0 Å². The summed E-state index contributed by atoms with van der Waals surface area (Å²) < 4.78 is 16.3. The van der Waals surface area contributed by atoms with Gasteiger partial charge in [0.05, 0.1) is 32.7 Å². The lowest BCUT2D eigenvalue weighted by Gasteiger charge is -2.42. The lowest BCUT2D eigenvalue weighted by atomic mass is 10.0. The van der Waals surface area contributed by atoms with Crippen molar-refractivity contribution in [1.82, 2.24) is 19.7 Å². The Hall–Kier alpha value is -4.89. The van der Waals surface area contributed by atoms with Crippen LogP contribution in [0.3, 0.4) is 0 Å². The molecule has 0 aliphatic carbocycles. The molecule has 9 heteroatoms. The minimum Gasteiger partial charge on any atom is -0.493 e. The smallest absolute Gasteiger partial charge is 0.254 e. The summed E-state index contributed by atoms with van der Waals surface area (Å²) in [4.78, 5) is 38.5. The minimum absolute atomic E-state index is 0.0298. The Morgan fingerprint density at radius 1 is 0.609 bits per heavy atom. The molecule has 0 N–H and O–H groups in total. The van der Waals surface area contributed by atoms with Crippen molar-refractivity contribution in [3.05, 3.63) is 96.1 Å². The van der Waals surface area contributed by atoms with Crippen molar-refractivity contribution in [2.75, 3.05) is 60.6 Å². The first kappa shape index (κ1) is 31.1. The molecule has 3 aromatic carbocycles. The quantitative estimate of drug-likeness (QED) is 0.257. The normalized spacial score (nSPS) is 15.8. The Morgan fingerprint density at radius 2 is 1.07 bits per heavy atom. The maximum Gasteiger partial charge on any atom is 0.254 e. The van der Waals surface area contributed by atoms with Crippen LogP contribution in [0.5, 0.6) is 17.2 Å². The summed E-state index contributed by atoms with van der Waals surface area (Å²) in [5.74, 6) is 1.38. The molecule has 0 spiro atoms. The van der Waals surface area contributed by atoms with E-state index >= 15 is 0 Å². The van der Waals surface area contributed by atoms with Gasteiger partial charge in [0.25, 0.3) is 11.8 Å². The molecule has 1 aromatic heterocycles. The highest BCUT2D eigenvalue weighted by Crippen LogP contribution is 2.38. The zero-order valence-corrected chi connectivity index (χ0v) is 26.6. The number of rotatable bonds is 8. The summed E-state index contributed by atoms with van der Waals surface area (Å²) >= 11 is 0. The fourth-order valence-corrected chi connectivity index (χ4v) is 6.46. The van der Waals surface area contributed by atoms with Gasteiger partial charge in [-0.2, -0.15) is 0 Å². The first-order chi connectivity index (χ1) is 22.5. The fourth-order valence-electron chi connectivity index (χ4n) is 6.46. The highest BCUT2D eigenvalue weighted by molar-refractivity contribution is 5.97. The Bertz CT molecular complexity index is 1580. The average Bonchev–Trinajstić information content (AvgIpc) is 3.14. The molecule has 3 heterocycles. The predicted molar refractivity (Wildman–Crippen MR) is 178 cm³/mol. The first-order valence-corrected chi connectivity index (χ1v) is 15.7. The number of aromatic nitrogens is 1. The van der Waals surface area contributed by atoms with Gasteiger partial charge in [-0.3, -0.25) is 14.5 Å². The van der Waals surface area contributed by atoms with Gasteiger partial charge >= 0.3 is 0 Å². The van der Waals surface area contributed by atoms with Gasteiger partial charge in [-0.05, 0) is 37.1 Å². The van der Waals surface area contributed by atoms with Crippen molar-refractivity contribution in [3.63, 3.8) is 0 Å². The summed E-state index contributed by atoms with van der Waals surface area (Å²) in [6.07, 6.45) is 1.77. The number of piperidine rings is 1. The molecule has 2 aliphatic heterocycles. The minimum atomic E-state index is -0.0461. The van der Waals surface area contributed by atoms with Gasteiger partial charge in [0.15, 0.2) is 11.5 Å². The third-order valence-corrected chi connectivity index (χ3v) is 8.99. The molecule has 4 aromatic rings. The summed E-state index contributed by atoms with van der Waals surface area (Å²) in [5.41, 5.74) is 4.71. The van der Waals surface area contributed by atoms with E-state index in [0.29, 0.717) is 60.6 Å². The molecule has 0 saturated carbocycles. The topological polar surface area (TPSA) is 84.4 Å². The molecule has 0 atom stereocenters. The molecular weight excluding hydrogens is 580 g/mol. The standard InChI is InChI=1S/C37H40N4O5/c1-44-33-24-29(25-34(45-2)35(33)46-3)37(43)40-16-14-30(15-17-40)39-18-20-41(21-19-39)36(42)28-22-31(26-10-6-4-7-11-26)38-32(23-28)27-12-8-5-9-13-27/h4-13,22-25,30H,14-21H2,1-3H3. The van der Waals surface area contributed by atoms with Gasteiger partial charge in [-0.15, -0.1) is 0 Å². The van der Waals surface area contributed by atoms with E-state index in [0.717, 1.165) is 48.4 Å². The second-order valence-electron chi connectivity index (χ2n) is 11.6. The van der Waals surface area contributed by atoms with E-state index in [1.165, 1.54) is 0 Å². The molecule has 2 amide bonds. The van der Waals surface area contributed by atoms with Gasteiger partial charge in [0.2, 0.25) is 5.75 Å². The number of pyridine rings is 1. The highest BCUT2D eigenvalue weighted by Gasteiger charge is 2.31. The number of hydrogen-bond acceptors (Lipinski definition) is 7. The largest absolute Gasteiger partial charge is 0.493 e. The van der Waals surface area contributed by atoms with Crippen LogP contribution in [-0.4, -0.2) is 98.1 Å². The zero-order valence-electron chi connectivity index (χ0n) is 26.6. The number of carbonyl (C=O) groups is 2. The van der Waals surface area contributed by atoms with Gasteiger partial charge in [0, 0.05) is 67.6 Å². The van der Waals surface area contributed by atoms with Crippen molar-refractivity contribution >= 4 is 11.8 Å². The molecule has 6 rings (SSSR count). The van der Waals surface area contributed by atoms with E-state index in [1.807, 2.05) is 82.6 Å². The number of likely N-dealkylation sites (tertiary alicyclic amines) is 1. The zero-order chi connectivity index (χ0) is 32.0. The van der Waals surface area contributed by atoms with Crippen LogP contribution in [-0.2, 0) is 0 Å². The molecule has 2 fully saturated rings. The van der Waals surface area contributed by atoms with Crippen molar-refractivity contribution in [2.24, 2.45) is 0 Å². The number of ether oxygens (including phenoxy) is 3. The van der Waals surface area contributed by atoms with E-state index in [-0.39, 0.29) is 11.8 Å². The monoisotopic (exact) mass is 620 g/mol. The number of piperazine rings is 1. The SMILES string of the molecule is COc1cc(C(=O)N2CCC(N3CCN(C(=O)c4cc(-c5ccccc5)nc(-c5ccccc5)c4)CC3)CC2)cc(OC)c1OC. The molecule has 0 unspecified atom stereocenters. The Kier molecular flexibility index (Phi) is 9.49. The van der Waals surface area contributed by atoms with E-state index in [1.54, 1.807) is 33.5 Å². The second-order valence-corrected chi connectivity index (χ2v) is 11.6. The number of hydrogen-bond donors (Lipinski definition) is 0. The van der Waals surface area contributed by atoms with Crippen LogP contribution in [0.4, 0.5) is 0 Å². The van der Waals surface area contributed by atoms with E-state index < -0.39 is 0 Å². The van der Waals surface area contributed by atoms with Crippen LogP contribution in [0.15, 0.2) is 84.9 Å². The Morgan fingerprint density at radius 3 is 1.52 bits per heavy atom. The van der Waals surface area contributed by atoms with Crippen LogP contribution < -0.4 is 14.2 Å². The van der Waals surface area contributed by atoms with Gasteiger partial charge in [-0.25, -0.2) is 4.98 Å². The van der Waals surface area contributed by atoms with Crippen LogP contribution >= 0.6 is 0 Å². The van der Waals surface area contributed by atoms with Crippen LogP contribution in [0.1, 0.15) is 33.6 Å². The Labute approximate surface area is 270 Å². The maximum atomic E-state index is 13.8. The molecule has 46 heavy (non-hydrogen) atoms. The van der Waals surface area contributed by atoms with Crippen molar-refractivity contribution in [3.8, 4) is 39.8 Å². The number of nitrogens with zero attached hydrogens (tertiary/aromatic N) is 4. The van der Waals surface area contributed by atoms with Crippen LogP contribution in [0.25, 0.3) is 22.5 Å². The van der Waals surface area contributed by atoms with Crippen LogP contribution in [0, 0.1) is 0 Å². The maximum absolute atomic E-state index is 13.8. The number of carbonyl (C=O) groups excluding carboxylic acids is 2. The van der Waals surface area contributed by atoms with Gasteiger partial charge < -0.3 is 24.0 Å². The Balaban J connectivity index is 1.09. The highest BCUT2D eigenvalue weighted by atomic mass is 16.5. The fraction of sp³-hybridized carbons (Fsp3) is 0.324. The van der Waals surface area contributed by atoms with Crippen molar-refractivity contribution in [2.45, 2.75) is 18.9 Å². The lowest BCUT2D eigenvalue weighted by Crippen LogP contribution is -2.54. The van der Waals surface area contributed by atoms with Gasteiger partial charge in [-0.1, -0.05) is 60.7 Å². The second kappa shape index (κ2) is 14.0. The van der Waals surface area contributed by atoms with Crippen molar-refractivity contribution < 1.29 is 23.8 Å². The molecule has 0 bridgehead atoms. The first-order valence-electron chi connectivity index (χ1n) is 15.7. The molecule has 0 radical (unpaired) electrons. The van der Waals surface area contributed by atoms with Crippen LogP contribution in [0.2, 0.25) is 0 Å². The predicted octanol–water partition coefficient (Wildman–Crippen LogP) is 5.50. The molecule has 2 saturated heterocycles. The molecule has 2 aliphatic rings. The van der Waals surface area contributed by atoms with Crippen molar-refractivity contribution in [1.29, 1.82) is 0 Å². The number of benzene rings is 3. The summed E-state index contributed by atoms with van der Waals surface area (Å²) in [7, 11) is 4.64. The summed E-state index contributed by atoms with van der Waals surface area (Å²) in [5, 5.41) is 0. The number of methoxy groups -OCH3 is 3. The third-order valence-electron chi connectivity index (χ3n) is 8.99. The molecular formula is C37H40N4O5. The number of amides is 2. The summed E-state index contributed by atoms with van der Waals surface area (Å²) in [6.45, 7) is 4.26.